The molecule has 0 aromatic heterocycles. The molecule has 2 saturated heterocycles. The summed E-state index contributed by atoms with van der Waals surface area (Å²) in [4.78, 5) is 5.02. The molecule has 2 rings (SSSR count). The topological polar surface area (TPSA) is 18.5 Å². The van der Waals surface area contributed by atoms with Gasteiger partial charge in [0.15, 0.2) is 0 Å². The Balaban J connectivity index is 1.67. The first-order valence-corrected chi connectivity index (χ1v) is 5.85. The molecule has 82 valence electrons. The number of nitrogens with zero attached hydrogens (tertiary/aromatic N) is 2. The molecule has 3 nitrogen and oxygen atoms in total. The van der Waals surface area contributed by atoms with E-state index in [-0.39, 0.29) is 0 Å². The highest BCUT2D eigenvalue weighted by Crippen LogP contribution is 2.16. The molecule has 2 aliphatic heterocycles. The zero-order chi connectivity index (χ0) is 9.97. The summed E-state index contributed by atoms with van der Waals surface area (Å²) in [6.45, 7) is 6.42. The van der Waals surface area contributed by atoms with Gasteiger partial charge in [-0.2, -0.15) is 0 Å². The Kier molecular flexibility index (Phi) is 3.42. The van der Waals surface area contributed by atoms with E-state index in [1.165, 1.54) is 45.6 Å². The fourth-order valence-electron chi connectivity index (χ4n) is 2.46. The molecule has 0 amide bonds. The highest BCUT2D eigenvalue weighted by Gasteiger charge is 2.24. The predicted molar refractivity (Wildman–Crippen MR) is 59.5 cm³/mol. The molecule has 0 radical (unpaired) electrons. The molecule has 2 fully saturated rings. The summed E-state index contributed by atoms with van der Waals surface area (Å²) in [5.74, 6) is 0.936. The molecule has 0 bridgehead atoms. The Hall–Kier alpha value is -0.120. The molecule has 0 atom stereocenters. The van der Waals surface area contributed by atoms with Crippen LogP contribution >= 0.6 is 0 Å². The van der Waals surface area contributed by atoms with Crippen molar-refractivity contribution in [2.45, 2.75) is 18.9 Å². The van der Waals surface area contributed by atoms with Gasteiger partial charge in [0.2, 0.25) is 0 Å². The van der Waals surface area contributed by atoms with Crippen LogP contribution in [0.4, 0.5) is 0 Å². The molecule has 0 spiro atoms. The van der Waals surface area contributed by atoms with Crippen molar-refractivity contribution in [1.82, 2.24) is 15.1 Å². The summed E-state index contributed by atoms with van der Waals surface area (Å²) < 4.78 is 0. The van der Waals surface area contributed by atoms with E-state index in [1.807, 2.05) is 0 Å². The number of hydrogen-bond acceptors (Lipinski definition) is 3. The van der Waals surface area contributed by atoms with Crippen molar-refractivity contribution in [3.05, 3.63) is 0 Å². The maximum Gasteiger partial charge on any atom is 0.0113 e. The predicted octanol–water partition coefficient (Wildman–Crippen LogP) is 0.232. The third-order valence-electron chi connectivity index (χ3n) is 3.67. The lowest BCUT2D eigenvalue weighted by Crippen LogP contribution is -2.51. The van der Waals surface area contributed by atoms with Gasteiger partial charge in [0.25, 0.3) is 0 Å². The van der Waals surface area contributed by atoms with Gasteiger partial charge in [0, 0.05) is 25.7 Å². The zero-order valence-electron chi connectivity index (χ0n) is 9.50. The molecular weight excluding hydrogens is 174 g/mol. The van der Waals surface area contributed by atoms with E-state index in [2.05, 4.69) is 29.2 Å². The zero-order valence-corrected chi connectivity index (χ0v) is 9.50. The summed E-state index contributed by atoms with van der Waals surface area (Å²) >= 11 is 0. The van der Waals surface area contributed by atoms with E-state index < -0.39 is 0 Å². The summed E-state index contributed by atoms with van der Waals surface area (Å²) in [6.07, 6.45) is 2.71. The molecule has 0 aliphatic carbocycles. The van der Waals surface area contributed by atoms with Gasteiger partial charge >= 0.3 is 0 Å². The van der Waals surface area contributed by atoms with Gasteiger partial charge in [-0.25, -0.2) is 0 Å². The highest BCUT2D eigenvalue weighted by molar-refractivity contribution is 4.82. The van der Waals surface area contributed by atoms with Gasteiger partial charge < -0.3 is 15.1 Å². The summed E-state index contributed by atoms with van der Waals surface area (Å²) in [5, 5.41) is 3.34. The van der Waals surface area contributed by atoms with Crippen LogP contribution in [0.3, 0.4) is 0 Å². The SMILES string of the molecule is CN(C)C1CCN(CC2CNC2)CC1. The van der Waals surface area contributed by atoms with Crippen LogP contribution < -0.4 is 5.32 Å². The van der Waals surface area contributed by atoms with Crippen LogP contribution in [-0.2, 0) is 0 Å². The number of hydrogen-bond donors (Lipinski definition) is 1. The first-order chi connectivity index (χ1) is 6.75. The van der Waals surface area contributed by atoms with Crippen molar-refractivity contribution in [2.24, 2.45) is 5.92 Å². The van der Waals surface area contributed by atoms with Crippen LogP contribution in [0, 0.1) is 5.92 Å². The molecule has 0 aromatic rings. The normalized spacial score (nSPS) is 26.8. The van der Waals surface area contributed by atoms with E-state index in [1.54, 1.807) is 0 Å². The van der Waals surface area contributed by atoms with Gasteiger partial charge in [-0.1, -0.05) is 0 Å². The standard InChI is InChI=1S/C11H23N3/c1-13(2)11-3-5-14(6-4-11)9-10-7-12-8-10/h10-12H,3-9H2,1-2H3. The molecule has 2 aliphatic rings. The molecule has 14 heavy (non-hydrogen) atoms. The number of nitrogens with one attached hydrogen (secondary N) is 1. The lowest BCUT2D eigenvalue weighted by atomic mass is 9.99. The maximum atomic E-state index is 3.34. The molecule has 1 N–H and O–H groups in total. The quantitative estimate of drug-likeness (QED) is 0.699. The minimum atomic E-state index is 0.825. The molecule has 0 aromatic carbocycles. The average molecular weight is 197 g/mol. The second-order valence-corrected chi connectivity index (χ2v) is 5.02. The molecular formula is C11H23N3. The van der Waals surface area contributed by atoms with Gasteiger partial charge in [-0.3, -0.25) is 0 Å². The van der Waals surface area contributed by atoms with Crippen molar-refractivity contribution in [1.29, 1.82) is 0 Å². The Morgan fingerprint density at radius 2 is 1.86 bits per heavy atom. The monoisotopic (exact) mass is 197 g/mol. The van der Waals surface area contributed by atoms with Crippen LogP contribution in [0.5, 0.6) is 0 Å². The summed E-state index contributed by atoms with van der Waals surface area (Å²) in [7, 11) is 4.41. The average Bonchev–Trinajstić information content (AvgIpc) is 2.12. The highest BCUT2D eigenvalue weighted by atomic mass is 15.2. The minimum Gasteiger partial charge on any atom is -0.316 e. The summed E-state index contributed by atoms with van der Waals surface area (Å²) in [5.41, 5.74) is 0. The van der Waals surface area contributed by atoms with Gasteiger partial charge in [0.05, 0.1) is 0 Å². The lowest BCUT2D eigenvalue weighted by molar-refractivity contribution is 0.118. The first kappa shape index (κ1) is 10.4. The van der Waals surface area contributed by atoms with Crippen molar-refractivity contribution in [3.8, 4) is 0 Å². The smallest absolute Gasteiger partial charge is 0.0113 e. The Morgan fingerprint density at radius 1 is 1.21 bits per heavy atom. The second-order valence-electron chi connectivity index (χ2n) is 5.02. The second kappa shape index (κ2) is 4.60. The van der Waals surface area contributed by atoms with Gasteiger partial charge in [-0.15, -0.1) is 0 Å². The summed E-state index contributed by atoms with van der Waals surface area (Å²) in [6, 6.07) is 0.825. The molecule has 0 saturated carbocycles. The van der Waals surface area contributed by atoms with E-state index in [9.17, 15) is 0 Å². The Bertz CT molecular complexity index is 169. The number of piperidine rings is 1. The van der Waals surface area contributed by atoms with Crippen LogP contribution in [0.1, 0.15) is 12.8 Å². The largest absolute Gasteiger partial charge is 0.316 e. The van der Waals surface area contributed by atoms with E-state index in [4.69, 9.17) is 0 Å². The number of rotatable bonds is 3. The van der Waals surface area contributed by atoms with Gasteiger partial charge in [-0.05, 0) is 45.9 Å². The van der Waals surface area contributed by atoms with Crippen LogP contribution in [-0.4, -0.2) is 62.7 Å². The van der Waals surface area contributed by atoms with E-state index >= 15 is 0 Å². The first-order valence-electron chi connectivity index (χ1n) is 5.85. The van der Waals surface area contributed by atoms with Crippen LogP contribution in [0.15, 0.2) is 0 Å². The molecule has 0 unspecified atom stereocenters. The Morgan fingerprint density at radius 3 is 2.29 bits per heavy atom. The fourth-order valence-corrected chi connectivity index (χ4v) is 2.46. The number of likely N-dealkylation sites (tertiary alicyclic amines) is 1. The van der Waals surface area contributed by atoms with Crippen LogP contribution in [0.25, 0.3) is 0 Å². The van der Waals surface area contributed by atoms with Crippen molar-refractivity contribution < 1.29 is 0 Å². The molecule has 2 heterocycles. The minimum absolute atomic E-state index is 0.825. The van der Waals surface area contributed by atoms with E-state index in [0.717, 1.165) is 12.0 Å². The molecule has 3 heteroatoms. The maximum absolute atomic E-state index is 3.34. The van der Waals surface area contributed by atoms with Crippen molar-refractivity contribution in [2.75, 3.05) is 46.8 Å². The van der Waals surface area contributed by atoms with E-state index in [0.29, 0.717) is 0 Å². The lowest BCUT2D eigenvalue weighted by Gasteiger charge is -2.39. The van der Waals surface area contributed by atoms with Gasteiger partial charge in [0.1, 0.15) is 0 Å². The van der Waals surface area contributed by atoms with Crippen molar-refractivity contribution in [3.63, 3.8) is 0 Å². The third-order valence-corrected chi connectivity index (χ3v) is 3.67. The van der Waals surface area contributed by atoms with Crippen LogP contribution in [0.2, 0.25) is 0 Å². The third kappa shape index (κ3) is 2.47. The van der Waals surface area contributed by atoms with Crippen molar-refractivity contribution >= 4 is 0 Å². The Labute approximate surface area is 87.4 Å². The fraction of sp³-hybridized carbons (Fsp3) is 1.00.